The van der Waals surface area contributed by atoms with Crippen LogP contribution in [0.4, 0.5) is 0 Å². The summed E-state index contributed by atoms with van der Waals surface area (Å²) in [7, 11) is 4.63. The number of nitrogens with two attached hydrogens (primary N) is 1. The number of aliphatic hydroxyl groups is 1. The van der Waals surface area contributed by atoms with Gasteiger partial charge in [0, 0.05) is 30.1 Å². The second-order valence-corrected chi connectivity index (χ2v) is 12.9. The van der Waals surface area contributed by atoms with Gasteiger partial charge in [-0.25, -0.2) is 0 Å². The van der Waals surface area contributed by atoms with Gasteiger partial charge in [-0.1, -0.05) is 13.8 Å². The first-order valence-corrected chi connectivity index (χ1v) is 14.7. The molecule has 3 aliphatic carbocycles. The zero-order valence-corrected chi connectivity index (χ0v) is 24.9. The fourth-order valence-electron chi connectivity index (χ4n) is 8.32. The number of nitrogens with zero attached hydrogens (tertiary/aromatic N) is 2. The average molecular weight is 584 g/mol. The van der Waals surface area contributed by atoms with Crippen LogP contribution in [0.1, 0.15) is 61.0 Å². The number of likely N-dealkylation sites (tertiary alicyclic amines) is 1. The summed E-state index contributed by atoms with van der Waals surface area (Å²) in [4.78, 5) is 70.5. The van der Waals surface area contributed by atoms with Crippen LogP contribution < -0.4 is 10.5 Å². The largest absolute Gasteiger partial charge is 0.507 e. The van der Waals surface area contributed by atoms with Gasteiger partial charge >= 0.3 is 0 Å². The van der Waals surface area contributed by atoms with Crippen LogP contribution in [0.2, 0.25) is 0 Å². The van der Waals surface area contributed by atoms with Crippen LogP contribution in [0, 0.1) is 29.1 Å². The van der Waals surface area contributed by atoms with E-state index in [4.69, 9.17) is 10.5 Å². The zero-order valence-electron chi connectivity index (χ0n) is 24.9. The second-order valence-electron chi connectivity index (χ2n) is 12.9. The SMILES string of the molecule is CCC1(CC)CCN(Cc2cc(O)c3c(c2OC)C[C@H]2C[C@H]4[C@H](N(C)C)C(=O)C(C(N)=O)C(=O)[C@@]4(O)C(=O)C2C3=O)C1. The van der Waals surface area contributed by atoms with E-state index in [1.807, 2.05) is 0 Å². The highest BCUT2D eigenvalue weighted by Crippen LogP contribution is 2.52. The molecule has 1 aromatic carbocycles. The van der Waals surface area contributed by atoms with E-state index in [0.29, 0.717) is 17.9 Å². The number of fused-ring (bicyclic) bond motifs is 3. The van der Waals surface area contributed by atoms with E-state index in [9.17, 15) is 34.2 Å². The number of primary amides is 1. The maximum Gasteiger partial charge on any atom is 0.235 e. The summed E-state index contributed by atoms with van der Waals surface area (Å²) in [6.45, 7) is 6.75. The molecule has 1 saturated heterocycles. The van der Waals surface area contributed by atoms with E-state index >= 15 is 0 Å². The molecule has 2 saturated carbocycles. The van der Waals surface area contributed by atoms with Crippen LogP contribution in [-0.2, 0) is 32.1 Å². The van der Waals surface area contributed by atoms with Crippen molar-refractivity contribution in [1.82, 2.24) is 9.80 Å². The molecular formula is C31H41N3O8. The van der Waals surface area contributed by atoms with Gasteiger partial charge in [-0.3, -0.25) is 33.8 Å². The maximum atomic E-state index is 14.0. The first-order chi connectivity index (χ1) is 19.8. The van der Waals surface area contributed by atoms with Crippen molar-refractivity contribution in [2.24, 2.45) is 34.8 Å². The van der Waals surface area contributed by atoms with Gasteiger partial charge in [-0.15, -0.1) is 0 Å². The van der Waals surface area contributed by atoms with Crippen LogP contribution in [0.25, 0.3) is 0 Å². The number of phenols is 1. The van der Waals surface area contributed by atoms with E-state index in [0.717, 1.165) is 37.9 Å². The number of aromatic hydroxyl groups is 1. The number of likely N-dealkylation sites (N-methyl/N-ethyl adjacent to an activating group) is 1. The van der Waals surface area contributed by atoms with Gasteiger partial charge in [-0.2, -0.15) is 0 Å². The van der Waals surface area contributed by atoms with Crippen LogP contribution >= 0.6 is 0 Å². The standard InChI is InChI=1S/C31H41N3O8/c1-6-30(7-2)8-9-34(14-30)13-16-12-19(35)21-17(26(16)42-5)10-15-11-18-23(33(3)4)25(37)22(29(32)40)28(39)31(18,41)27(38)20(15)24(21)36/h12,15,18,20,22-23,35,41H,6-11,13-14H2,1-5H3,(H2,32,40)/t15-,18-,20?,22?,23-,31-/m0/s1. The highest BCUT2D eigenvalue weighted by atomic mass is 16.5. The summed E-state index contributed by atoms with van der Waals surface area (Å²) < 4.78 is 5.84. The molecule has 228 valence electrons. The molecule has 3 fully saturated rings. The molecule has 42 heavy (non-hydrogen) atoms. The molecular weight excluding hydrogens is 542 g/mol. The number of ketones is 4. The summed E-state index contributed by atoms with van der Waals surface area (Å²) in [5.74, 6) is -10.1. The molecule has 5 rings (SSSR count). The predicted molar refractivity (Wildman–Crippen MR) is 151 cm³/mol. The normalized spacial score (nSPS) is 32.5. The number of amides is 1. The van der Waals surface area contributed by atoms with Crippen molar-refractivity contribution in [3.8, 4) is 11.5 Å². The lowest BCUT2D eigenvalue weighted by molar-refractivity contribution is -0.181. The number of methoxy groups -OCH3 is 1. The Hall–Kier alpha value is -3.15. The Balaban J connectivity index is 1.55. The van der Waals surface area contributed by atoms with E-state index < -0.39 is 64.4 Å². The molecule has 0 aromatic heterocycles. The monoisotopic (exact) mass is 583 g/mol. The number of rotatable bonds is 7. The summed E-state index contributed by atoms with van der Waals surface area (Å²) in [6, 6.07) is 0.370. The maximum absolute atomic E-state index is 14.0. The summed E-state index contributed by atoms with van der Waals surface area (Å²) >= 11 is 0. The van der Waals surface area contributed by atoms with Crippen molar-refractivity contribution in [1.29, 1.82) is 0 Å². The van der Waals surface area contributed by atoms with Gasteiger partial charge in [0.05, 0.1) is 24.6 Å². The average Bonchev–Trinajstić information content (AvgIpc) is 3.34. The Morgan fingerprint density at radius 1 is 1.17 bits per heavy atom. The topological polar surface area (TPSA) is 168 Å². The number of carbonyl (C=O) groups is 5. The summed E-state index contributed by atoms with van der Waals surface area (Å²) in [5, 5.41) is 22.9. The number of Topliss-reactive ketones (excluding diaryl/α,β-unsaturated/α-hetero) is 4. The molecule has 11 nitrogen and oxygen atoms in total. The first kappa shape index (κ1) is 30.3. The highest BCUT2D eigenvalue weighted by molar-refractivity contribution is 6.32. The van der Waals surface area contributed by atoms with Gasteiger partial charge in [-0.05, 0) is 70.1 Å². The third kappa shape index (κ3) is 4.23. The molecule has 0 radical (unpaired) electrons. The predicted octanol–water partition coefficient (Wildman–Crippen LogP) is 0.888. The highest BCUT2D eigenvalue weighted by Gasteiger charge is 2.69. The van der Waals surface area contributed by atoms with Gasteiger partial charge < -0.3 is 20.7 Å². The Morgan fingerprint density at radius 3 is 2.38 bits per heavy atom. The zero-order chi connectivity index (χ0) is 30.9. The van der Waals surface area contributed by atoms with Crippen molar-refractivity contribution in [2.45, 2.75) is 64.1 Å². The second kappa shape index (κ2) is 10.5. The number of hydrogen-bond acceptors (Lipinski definition) is 10. The van der Waals surface area contributed by atoms with Gasteiger partial charge in [0.2, 0.25) is 5.91 Å². The minimum Gasteiger partial charge on any atom is -0.507 e. The third-order valence-corrected chi connectivity index (χ3v) is 10.7. The summed E-state index contributed by atoms with van der Waals surface area (Å²) in [5.41, 5.74) is 4.05. The number of ether oxygens (including phenoxy) is 1. The molecule has 2 unspecified atom stereocenters. The van der Waals surface area contributed by atoms with Crippen molar-refractivity contribution in [3.63, 3.8) is 0 Å². The fraction of sp³-hybridized carbons (Fsp3) is 0.645. The van der Waals surface area contributed by atoms with Crippen LogP contribution in [-0.4, -0.2) is 95.0 Å². The molecule has 4 N–H and O–H groups in total. The third-order valence-electron chi connectivity index (χ3n) is 10.7. The van der Waals surface area contributed by atoms with Crippen molar-refractivity contribution in [3.05, 3.63) is 22.8 Å². The Labute approximate surface area is 245 Å². The van der Waals surface area contributed by atoms with E-state index in [1.54, 1.807) is 14.1 Å². The smallest absolute Gasteiger partial charge is 0.235 e. The lowest BCUT2D eigenvalue weighted by Gasteiger charge is -2.52. The van der Waals surface area contributed by atoms with E-state index in [1.165, 1.54) is 18.1 Å². The van der Waals surface area contributed by atoms with Gasteiger partial charge in [0.1, 0.15) is 11.5 Å². The molecule has 1 amide bonds. The van der Waals surface area contributed by atoms with Gasteiger partial charge in [0.15, 0.2) is 34.7 Å². The van der Waals surface area contributed by atoms with E-state index in [2.05, 4.69) is 18.7 Å². The molecule has 1 aliphatic heterocycles. The number of phenolic OH excluding ortho intramolecular Hbond substituents is 1. The fourth-order valence-corrected chi connectivity index (χ4v) is 8.32. The number of hydrogen-bond donors (Lipinski definition) is 3. The first-order valence-electron chi connectivity index (χ1n) is 14.7. The quantitative estimate of drug-likeness (QED) is 0.392. The molecule has 6 atom stereocenters. The Kier molecular flexibility index (Phi) is 7.60. The van der Waals surface area contributed by atoms with Crippen molar-refractivity contribution >= 4 is 29.0 Å². The number of carbonyl (C=O) groups excluding carboxylic acids is 5. The molecule has 0 spiro atoms. The van der Waals surface area contributed by atoms with Crippen LogP contribution in [0.3, 0.4) is 0 Å². The van der Waals surface area contributed by atoms with E-state index in [-0.39, 0.29) is 29.6 Å². The van der Waals surface area contributed by atoms with Crippen molar-refractivity contribution < 1.29 is 38.9 Å². The molecule has 1 heterocycles. The molecule has 0 bridgehead atoms. The molecule has 4 aliphatic rings. The minimum atomic E-state index is -2.74. The Morgan fingerprint density at radius 2 is 1.83 bits per heavy atom. The summed E-state index contributed by atoms with van der Waals surface area (Å²) in [6.07, 6.45) is 3.40. The lowest BCUT2D eigenvalue weighted by atomic mass is 9.52. The minimum absolute atomic E-state index is 0.000313. The van der Waals surface area contributed by atoms with Crippen LogP contribution in [0.5, 0.6) is 11.5 Å². The Bertz CT molecular complexity index is 1370. The lowest BCUT2D eigenvalue weighted by Crippen LogP contribution is -2.74. The molecule has 1 aromatic rings. The van der Waals surface area contributed by atoms with Gasteiger partial charge in [0.25, 0.3) is 0 Å². The van der Waals surface area contributed by atoms with Crippen LogP contribution in [0.15, 0.2) is 6.07 Å². The molecule has 11 heteroatoms. The number of benzene rings is 1. The van der Waals surface area contributed by atoms with Crippen molar-refractivity contribution in [2.75, 3.05) is 34.3 Å².